The molecular formula is C15H22FN. The summed E-state index contributed by atoms with van der Waals surface area (Å²) in [5.74, 6) is 1.20. The molecule has 1 aromatic rings. The van der Waals surface area contributed by atoms with Gasteiger partial charge >= 0.3 is 0 Å². The van der Waals surface area contributed by atoms with Crippen molar-refractivity contribution in [1.29, 1.82) is 0 Å². The monoisotopic (exact) mass is 235 g/mol. The van der Waals surface area contributed by atoms with Crippen LogP contribution in [0.4, 0.5) is 4.39 Å². The lowest BCUT2D eigenvalue weighted by atomic mass is 9.74. The molecule has 2 unspecified atom stereocenters. The van der Waals surface area contributed by atoms with Crippen LogP contribution in [0.5, 0.6) is 0 Å². The summed E-state index contributed by atoms with van der Waals surface area (Å²) in [4.78, 5) is 0. The third-order valence-electron chi connectivity index (χ3n) is 4.01. The van der Waals surface area contributed by atoms with E-state index in [0.29, 0.717) is 11.8 Å². The van der Waals surface area contributed by atoms with Crippen LogP contribution >= 0.6 is 0 Å². The maximum absolute atomic E-state index is 13.1. The molecule has 2 heteroatoms. The first-order chi connectivity index (χ1) is 8.22. The molecule has 0 spiro atoms. The molecule has 0 bridgehead atoms. The van der Waals surface area contributed by atoms with E-state index in [9.17, 15) is 4.39 Å². The van der Waals surface area contributed by atoms with Gasteiger partial charge in [-0.15, -0.1) is 0 Å². The molecule has 17 heavy (non-hydrogen) atoms. The van der Waals surface area contributed by atoms with Crippen molar-refractivity contribution in [2.75, 3.05) is 13.6 Å². The minimum Gasteiger partial charge on any atom is -0.319 e. The molecule has 1 aromatic carbocycles. The molecule has 0 amide bonds. The van der Waals surface area contributed by atoms with Crippen molar-refractivity contribution in [3.05, 3.63) is 35.1 Å². The minimum absolute atomic E-state index is 0.118. The van der Waals surface area contributed by atoms with Gasteiger partial charge in [0.15, 0.2) is 0 Å². The van der Waals surface area contributed by atoms with Crippen LogP contribution < -0.4 is 5.32 Å². The van der Waals surface area contributed by atoms with Crippen LogP contribution in [-0.2, 0) is 0 Å². The Hall–Kier alpha value is -0.890. The SMILES string of the molecule is CNCC1CCCCC1c1ccc(F)cc1C. The lowest BCUT2D eigenvalue weighted by Crippen LogP contribution is -2.27. The van der Waals surface area contributed by atoms with Crippen LogP contribution in [0.1, 0.15) is 42.7 Å². The zero-order chi connectivity index (χ0) is 12.3. The van der Waals surface area contributed by atoms with Gasteiger partial charge in [-0.2, -0.15) is 0 Å². The number of hydrogen-bond acceptors (Lipinski definition) is 1. The molecule has 1 saturated carbocycles. The second kappa shape index (κ2) is 5.63. The van der Waals surface area contributed by atoms with Crippen LogP contribution in [0, 0.1) is 18.7 Å². The smallest absolute Gasteiger partial charge is 0.123 e. The molecule has 0 radical (unpaired) electrons. The van der Waals surface area contributed by atoms with Gasteiger partial charge in [-0.1, -0.05) is 18.9 Å². The van der Waals surface area contributed by atoms with Gasteiger partial charge in [0, 0.05) is 0 Å². The first kappa shape index (κ1) is 12.6. The Morgan fingerprint density at radius 2 is 2.06 bits per heavy atom. The average Bonchev–Trinajstić information content (AvgIpc) is 2.31. The van der Waals surface area contributed by atoms with Crippen molar-refractivity contribution < 1.29 is 4.39 Å². The summed E-state index contributed by atoms with van der Waals surface area (Å²) in [7, 11) is 2.02. The Morgan fingerprint density at radius 3 is 2.76 bits per heavy atom. The molecule has 0 heterocycles. The minimum atomic E-state index is -0.118. The van der Waals surface area contributed by atoms with E-state index in [1.54, 1.807) is 12.1 Å². The highest BCUT2D eigenvalue weighted by Gasteiger charge is 2.26. The molecule has 2 rings (SSSR count). The fourth-order valence-corrected chi connectivity index (χ4v) is 3.18. The number of halogens is 1. The van der Waals surface area contributed by atoms with Crippen LogP contribution in [-0.4, -0.2) is 13.6 Å². The van der Waals surface area contributed by atoms with Crippen molar-refractivity contribution in [2.24, 2.45) is 5.92 Å². The molecule has 1 aliphatic carbocycles. The van der Waals surface area contributed by atoms with Gasteiger partial charge in [0.05, 0.1) is 0 Å². The molecule has 0 aliphatic heterocycles. The lowest BCUT2D eigenvalue weighted by Gasteiger charge is -2.32. The fraction of sp³-hybridized carbons (Fsp3) is 0.600. The summed E-state index contributed by atoms with van der Waals surface area (Å²) in [5.41, 5.74) is 2.46. The van der Waals surface area contributed by atoms with Crippen LogP contribution in [0.2, 0.25) is 0 Å². The highest BCUT2D eigenvalue weighted by Crippen LogP contribution is 2.38. The number of hydrogen-bond donors (Lipinski definition) is 1. The maximum Gasteiger partial charge on any atom is 0.123 e. The number of rotatable bonds is 3. The molecule has 2 atom stereocenters. The Balaban J connectivity index is 2.23. The molecule has 1 fully saturated rings. The third kappa shape index (κ3) is 2.86. The normalized spacial score (nSPS) is 24.9. The van der Waals surface area contributed by atoms with Crippen LogP contribution in [0.3, 0.4) is 0 Å². The zero-order valence-corrected chi connectivity index (χ0v) is 10.8. The van der Waals surface area contributed by atoms with Gasteiger partial charge < -0.3 is 5.32 Å². The molecule has 94 valence electrons. The molecule has 0 saturated heterocycles. The fourth-order valence-electron chi connectivity index (χ4n) is 3.18. The van der Waals surface area contributed by atoms with Gasteiger partial charge in [0.1, 0.15) is 5.82 Å². The van der Waals surface area contributed by atoms with Gasteiger partial charge in [0.25, 0.3) is 0 Å². The van der Waals surface area contributed by atoms with Gasteiger partial charge in [-0.05, 0) is 68.5 Å². The molecule has 1 N–H and O–H groups in total. The molecule has 0 aromatic heterocycles. The van der Waals surface area contributed by atoms with Gasteiger partial charge in [-0.25, -0.2) is 4.39 Å². The van der Waals surface area contributed by atoms with E-state index in [1.165, 1.54) is 31.2 Å². The van der Waals surface area contributed by atoms with Gasteiger partial charge in [-0.3, -0.25) is 0 Å². The second-order valence-electron chi connectivity index (χ2n) is 5.21. The first-order valence-corrected chi connectivity index (χ1v) is 6.63. The number of aryl methyl sites for hydroxylation is 1. The van der Waals surface area contributed by atoms with Crippen LogP contribution in [0.25, 0.3) is 0 Å². The number of benzene rings is 1. The summed E-state index contributed by atoms with van der Waals surface area (Å²) < 4.78 is 13.1. The Morgan fingerprint density at radius 1 is 1.29 bits per heavy atom. The zero-order valence-electron chi connectivity index (χ0n) is 10.8. The highest BCUT2D eigenvalue weighted by atomic mass is 19.1. The molecular weight excluding hydrogens is 213 g/mol. The highest BCUT2D eigenvalue weighted by molar-refractivity contribution is 5.30. The van der Waals surface area contributed by atoms with Crippen molar-refractivity contribution >= 4 is 0 Å². The molecule has 1 nitrogen and oxygen atoms in total. The predicted octanol–water partition coefficient (Wildman–Crippen LogP) is 3.63. The first-order valence-electron chi connectivity index (χ1n) is 6.63. The number of nitrogens with one attached hydrogen (secondary N) is 1. The van der Waals surface area contributed by atoms with E-state index in [0.717, 1.165) is 12.1 Å². The lowest BCUT2D eigenvalue weighted by molar-refractivity contribution is 0.300. The summed E-state index contributed by atoms with van der Waals surface area (Å²) in [5, 5.41) is 3.29. The quantitative estimate of drug-likeness (QED) is 0.843. The Labute approximate surface area is 103 Å². The van der Waals surface area contributed by atoms with E-state index in [2.05, 4.69) is 5.32 Å². The van der Waals surface area contributed by atoms with E-state index < -0.39 is 0 Å². The summed E-state index contributed by atoms with van der Waals surface area (Å²) in [6.07, 6.45) is 5.19. The van der Waals surface area contributed by atoms with Crippen molar-refractivity contribution in [3.8, 4) is 0 Å². The summed E-state index contributed by atoms with van der Waals surface area (Å²) >= 11 is 0. The predicted molar refractivity (Wildman–Crippen MR) is 69.8 cm³/mol. The topological polar surface area (TPSA) is 12.0 Å². The largest absolute Gasteiger partial charge is 0.319 e. The van der Waals surface area contributed by atoms with Crippen molar-refractivity contribution in [2.45, 2.75) is 38.5 Å². The van der Waals surface area contributed by atoms with E-state index in [1.807, 2.05) is 20.0 Å². The van der Waals surface area contributed by atoms with E-state index >= 15 is 0 Å². The summed E-state index contributed by atoms with van der Waals surface area (Å²) in [6, 6.07) is 5.26. The van der Waals surface area contributed by atoms with Crippen LogP contribution in [0.15, 0.2) is 18.2 Å². The third-order valence-corrected chi connectivity index (χ3v) is 4.01. The average molecular weight is 235 g/mol. The van der Waals surface area contributed by atoms with E-state index in [-0.39, 0.29) is 5.82 Å². The van der Waals surface area contributed by atoms with E-state index in [4.69, 9.17) is 0 Å². The van der Waals surface area contributed by atoms with Crippen molar-refractivity contribution in [3.63, 3.8) is 0 Å². The second-order valence-corrected chi connectivity index (χ2v) is 5.21. The Kier molecular flexibility index (Phi) is 4.16. The summed E-state index contributed by atoms with van der Waals surface area (Å²) in [6.45, 7) is 3.10. The standard InChI is InChI=1S/C15H22FN/c1-11-9-13(16)7-8-14(11)15-6-4-3-5-12(15)10-17-2/h7-9,12,15,17H,3-6,10H2,1-2H3. The van der Waals surface area contributed by atoms with Gasteiger partial charge in [0.2, 0.25) is 0 Å². The van der Waals surface area contributed by atoms with Crippen molar-refractivity contribution in [1.82, 2.24) is 5.32 Å². The Bertz CT molecular complexity index is 373. The molecule has 1 aliphatic rings. The maximum atomic E-state index is 13.1.